The molecule has 0 radical (unpaired) electrons. The summed E-state index contributed by atoms with van der Waals surface area (Å²) in [6.07, 6.45) is 2.43. The summed E-state index contributed by atoms with van der Waals surface area (Å²) in [6.45, 7) is 7.65. The molecule has 0 saturated carbocycles. The number of hydrogen-bond acceptors (Lipinski definition) is 3. The van der Waals surface area contributed by atoms with Crippen molar-refractivity contribution < 1.29 is 9.53 Å². The normalized spacial score (nSPS) is 17.9. The highest BCUT2D eigenvalue weighted by atomic mass is 35.5. The molecule has 2 rings (SSSR count). The van der Waals surface area contributed by atoms with Gasteiger partial charge in [-0.15, -0.1) is 0 Å². The first-order chi connectivity index (χ1) is 10.7. The Morgan fingerprint density at radius 1 is 1.35 bits per heavy atom. The molecule has 0 bridgehead atoms. The van der Waals surface area contributed by atoms with E-state index in [9.17, 15) is 4.79 Å². The van der Waals surface area contributed by atoms with Gasteiger partial charge < -0.3 is 15.4 Å². The Morgan fingerprint density at radius 2 is 2.00 bits per heavy atom. The van der Waals surface area contributed by atoms with Gasteiger partial charge >= 0.3 is 6.09 Å². The van der Waals surface area contributed by atoms with E-state index in [1.165, 1.54) is 5.56 Å². The number of benzene rings is 1. The topological polar surface area (TPSA) is 55.6 Å². The molecule has 0 aliphatic carbocycles. The number of amides is 1. The Balaban J connectivity index is 1.98. The second-order valence-electron chi connectivity index (χ2n) is 7.48. The standard InChI is InChI=1S/C18H27ClN2O2/c1-17(2,3)23-16(22)21-9-7-18(13-20,8-10-21)12-14-5-4-6-15(19)11-14/h4-6,11H,7-10,12-13,20H2,1-3H3. The first-order valence-corrected chi connectivity index (χ1v) is 8.53. The maximum absolute atomic E-state index is 12.2. The zero-order valence-corrected chi connectivity index (χ0v) is 15.0. The van der Waals surface area contributed by atoms with Gasteiger partial charge in [-0.25, -0.2) is 4.79 Å². The van der Waals surface area contributed by atoms with E-state index in [2.05, 4.69) is 6.07 Å². The molecule has 1 fully saturated rings. The first kappa shape index (κ1) is 18.1. The lowest BCUT2D eigenvalue weighted by atomic mass is 9.74. The van der Waals surface area contributed by atoms with Crippen LogP contribution < -0.4 is 5.73 Å². The van der Waals surface area contributed by atoms with Crippen molar-refractivity contribution in [1.29, 1.82) is 0 Å². The van der Waals surface area contributed by atoms with Gasteiger partial charge in [0.1, 0.15) is 5.60 Å². The van der Waals surface area contributed by atoms with Crippen LogP contribution in [0.1, 0.15) is 39.2 Å². The zero-order valence-electron chi connectivity index (χ0n) is 14.3. The van der Waals surface area contributed by atoms with Crippen molar-refractivity contribution in [3.63, 3.8) is 0 Å². The molecule has 1 aromatic carbocycles. The molecule has 0 aromatic heterocycles. The van der Waals surface area contributed by atoms with Gasteiger partial charge in [-0.1, -0.05) is 23.7 Å². The van der Waals surface area contributed by atoms with E-state index < -0.39 is 5.60 Å². The van der Waals surface area contributed by atoms with Crippen molar-refractivity contribution >= 4 is 17.7 Å². The van der Waals surface area contributed by atoms with Crippen molar-refractivity contribution in [3.05, 3.63) is 34.9 Å². The van der Waals surface area contributed by atoms with Gasteiger partial charge in [-0.05, 0) is 69.7 Å². The van der Waals surface area contributed by atoms with Gasteiger partial charge in [0.15, 0.2) is 0 Å². The SMILES string of the molecule is CC(C)(C)OC(=O)N1CCC(CN)(Cc2cccc(Cl)c2)CC1. The molecule has 1 saturated heterocycles. The zero-order chi connectivity index (χ0) is 17.1. The van der Waals surface area contributed by atoms with Crippen LogP contribution in [0, 0.1) is 5.41 Å². The van der Waals surface area contributed by atoms with E-state index in [1.807, 2.05) is 39.0 Å². The van der Waals surface area contributed by atoms with Gasteiger partial charge in [-0.2, -0.15) is 0 Å². The summed E-state index contributed by atoms with van der Waals surface area (Å²) in [5.41, 5.74) is 6.86. The van der Waals surface area contributed by atoms with Gasteiger partial charge in [0.2, 0.25) is 0 Å². The Bertz CT molecular complexity index is 546. The molecule has 4 nitrogen and oxygen atoms in total. The molecular weight excluding hydrogens is 312 g/mol. The number of hydrogen-bond donors (Lipinski definition) is 1. The van der Waals surface area contributed by atoms with Crippen LogP contribution in [0.25, 0.3) is 0 Å². The van der Waals surface area contributed by atoms with Gasteiger partial charge in [-0.3, -0.25) is 0 Å². The maximum Gasteiger partial charge on any atom is 0.410 e. The maximum atomic E-state index is 12.2. The molecule has 0 spiro atoms. The predicted octanol–water partition coefficient (Wildman–Crippen LogP) is 3.86. The van der Waals surface area contributed by atoms with E-state index in [-0.39, 0.29) is 11.5 Å². The van der Waals surface area contributed by atoms with Crippen molar-refractivity contribution in [2.45, 2.75) is 45.6 Å². The molecule has 1 aliphatic rings. The van der Waals surface area contributed by atoms with Crippen LogP contribution in [-0.2, 0) is 11.2 Å². The molecule has 1 aromatic rings. The molecule has 1 heterocycles. The summed E-state index contributed by atoms with van der Waals surface area (Å²) in [5.74, 6) is 0. The monoisotopic (exact) mass is 338 g/mol. The number of carbonyl (C=O) groups is 1. The van der Waals surface area contributed by atoms with Gasteiger partial charge in [0.05, 0.1) is 0 Å². The minimum atomic E-state index is -0.458. The second-order valence-corrected chi connectivity index (χ2v) is 7.91. The molecule has 0 atom stereocenters. The van der Waals surface area contributed by atoms with Crippen molar-refractivity contribution in [1.82, 2.24) is 4.90 Å². The molecule has 23 heavy (non-hydrogen) atoms. The van der Waals surface area contributed by atoms with E-state index in [0.29, 0.717) is 19.6 Å². The highest BCUT2D eigenvalue weighted by molar-refractivity contribution is 6.30. The Labute approximate surface area is 143 Å². The number of carbonyl (C=O) groups excluding carboxylic acids is 1. The third-order valence-electron chi connectivity index (χ3n) is 4.38. The minimum Gasteiger partial charge on any atom is -0.444 e. The smallest absolute Gasteiger partial charge is 0.410 e. The van der Waals surface area contributed by atoms with Crippen LogP contribution in [-0.4, -0.2) is 36.2 Å². The van der Waals surface area contributed by atoms with Crippen molar-refractivity contribution in [2.75, 3.05) is 19.6 Å². The molecule has 1 amide bonds. The second kappa shape index (κ2) is 7.10. The first-order valence-electron chi connectivity index (χ1n) is 8.15. The number of piperidine rings is 1. The Kier molecular flexibility index (Phi) is 5.58. The summed E-state index contributed by atoms with van der Waals surface area (Å²) < 4.78 is 5.45. The molecule has 0 unspecified atom stereocenters. The van der Waals surface area contributed by atoms with Crippen LogP contribution in [0.3, 0.4) is 0 Å². The van der Waals surface area contributed by atoms with Crippen LogP contribution in [0.5, 0.6) is 0 Å². The van der Waals surface area contributed by atoms with Crippen molar-refractivity contribution in [2.24, 2.45) is 11.1 Å². The predicted molar refractivity (Wildman–Crippen MR) is 93.7 cm³/mol. The van der Waals surface area contributed by atoms with E-state index in [1.54, 1.807) is 4.90 Å². The fraction of sp³-hybridized carbons (Fsp3) is 0.611. The molecule has 1 aliphatic heterocycles. The number of rotatable bonds is 3. The van der Waals surface area contributed by atoms with Crippen LogP contribution in [0.4, 0.5) is 4.79 Å². The van der Waals surface area contributed by atoms with Gasteiger partial charge in [0.25, 0.3) is 0 Å². The highest BCUT2D eigenvalue weighted by Crippen LogP contribution is 2.35. The lowest BCUT2D eigenvalue weighted by molar-refractivity contribution is 0.0109. The summed E-state index contributed by atoms with van der Waals surface area (Å²) in [7, 11) is 0. The Morgan fingerprint density at radius 3 is 2.52 bits per heavy atom. The third kappa shape index (κ3) is 5.11. The quantitative estimate of drug-likeness (QED) is 0.910. The lowest BCUT2D eigenvalue weighted by Crippen LogP contribution is -2.48. The summed E-state index contributed by atoms with van der Waals surface area (Å²) >= 11 is 6.08. The number of halogens is 1. The van der Waals surface area contributed by atoms with E-state index in [4.69, 9.17) is 22.1 Å². The Hall–Kier alpha value is -1.26. The largest absolute Gasteiger partial charge is 0.444 e. The number of nitrogens with two attached hydrogens (primary N) is 1. The molecule has 128 valence electrons. The summed E-state index contributed by atoms with van der Waals surface area (Å²) in [5, 5.41) is 0.751. The average molecular weight is 339 g/mol. The third-order valence-corrected chi connectivity index (χ3v) is 4.61. The van der Waals surface area contributed by atoms with E-state index in [0.717, 1.165) is 24.3 Å². The summed E-state index contributed by atoms with van der Waals surface area (Å²) in [6, 6.07) is 7.94. The molecular formula is C18H27ClN2O2. The number of ether oxygens (including phenoxy) is 1. The van der Waals surface area contributed by atoms with Crippen molar-refractivity contribution in [3.8, 4) is 0 Å². The minimum absolute atomic E-state index is 0.0309. The molecule has 5 heteroatoms. The molecule has 2 N–H and O–H groups in total. The van der Waals surface area contributed by atoms with Crippen LogP contribution >= 0.6 is 11.6 Å². The van der Waals surface area contributed by atoms with Crippen LogP contribution in [0.15, 0.2) is 24.3 Å². The number of likely N-dealkylation sites (tertiary alicyclic amines) is 1. The highest BCUT2D eigenvalue weighted by Gasteiger charge is 2.36. The van der Waals surface area contributed by atoms with Gasteiger partial charge in [0, 0.05) is 18.1 Å². The fourth-order valence-corrected chi connectivity index (χ4v) is 3.24. The van der Waals surface area contributed by atoms with Crippen LogP contribution in [0.2, 0.25) is 5.02 Å². The fourth-order valence-electron chi connectivity index (χ4n) is 3.02. The van der Waals surface area contributed by atoms with E-state index >= 15 is 0 Å². The lowest BCUT2D eigenvalue weighted by Gasteiger charge is -2.41. The average Bonchev–Trinajstić information content (AvgIpc) is 2.46. The number of nitrogens with zero attached hydrogens (tertiary/aromatic N) is 1. The summed E-state index contributed by atoms with van der Waals surface area (Å²) in [4.78, 5) is 14.0.